The van der Waals surface area contributed by atoms with Crippen LogP contribution in [0.5, 0.6) is 0 Å². The van der Waals surface area contributed by atoms with Gasteiger partial charge in [0, 0.05) is 13.1 Å². The van der Waals surface area contributed by atoms with Crippen LogP contribution in [-0.4, -0.2) is 29.9 Å². The second-order valence-corrected chi connectivity index (χ2v) is 5.47. The Balaban J connectivity index is 2.06. The lowest BCUT2D eigenvalue weighted by Crippen LogP contribution is -2.44. The summed E-state index contributed by atoms with van der Waals surface area (Å²) in [6.07, 6.45) is 2.39. The van der Waals surface area contributed by atoms with Gasteiger partial charge in [0.05, 0.1) is 5.69 Å². The van der Waals surface area contributed by atoms with E-state index >= 15 is 0 Å². The third-order valence-corrected chi connectivity index (χ3v) is 3.49. The van der Waals surface area contributed by atoms with Gasteiger partial charge >= 0.3 is 0 Å². The number of hydrogen-bond acceptors (Lipinski definition) is 1. The molecule has 0 spiro atoms. The van der Waals surface area contributed by atoms with Gasteiger partial charge < -0.3 is 16.4 Å². The number of benzene rings is 1. The fraction of sp³-hybridized carbons (Fsp3) is 0.467. The number of piperidine rings is 1. The normalized spacial score (nSPS) is 21.1. The van der Waals surface area contributed by atoms with Crippen LogP contribution in [0, 0.1) is 12.8 Å². The molecule has 4 N–H and O–H groups in total. The smallest absolute Gasteiger partial charge is 0.223 e. The number of hydrogen-bond donors (Lipinski definition) is 2. The number of guanidine groups is 2. The van der Waals surface area contributed by atoms with Gasteiger partial charge in [-0.15, -0.1) is 0 Å². The van der Waals surface area contributed by atoms with Crippen molar-refractivity contribution in [2.75, 3.05) is 13.1 Å². The Bertz CT molecular complexity index is 504. The average molecular weight is 273 g/mol. The number of aryl methyl sites for hydroxylation is 1. The summed E-state index contributed by atoms with van der Waals surface area (Å²) in [6, 6.07) is 7.81. The zero-order valence-corrected chi connectivity index (χ0v) is 12.2. The highest BCUT2D eigenvalue weighted by molar-refractivity contribution is 5.94. The van der Waals surface area contributed by atoms with Gasteiger partial charge in [0.1, 0.15) is 0 Å². The number of nitrogens with zero attached hydrogens (tertiary/aromatic N) is 3. The molecule has 1 aromatic carbocycles. The van der Waals surface area contributed by atoms with Crippen molar-refractivity contribution >= 4 is 17.6 Å². The highest BCUT2D eigenvalue weighted by Crippen LogP contribution is 2.15. The molecule has 0 saturated carbocycles. The SMILES string of the molecule is Cc1ccc(N=C(N)N=C(N)N2CCCC(C)C2)cc1. The number of nitrogens with two attached hydrogens (primary N) is 2. The summed E-state index contributed by atoms with van der Waals surface area (Å²) in [7, 11) is 0. The summed E-state index contributed by atoms with van der Waals surface area (Å²) in [4.78, 5) is 10.5. The molecule has 2 rings (SSSR count). The largest absolute Gasteiger partial charge is 0.369 e. The van der Waals surface area contributed by atoms with Crippen molar-refractivity contribution in [2.24, 2.45) is 27.4 Å². The summed E-state index contributed by atoms with van der Waals surface area (Å²) in [5.41, 5.74) is 13.8. The molecule has 1 aliphatic rings. The molecule has 20 heavy (non-hydrogen) atoms. The van der Waals surface area contributed by atoms with Crippen LogP contribution in [0.4, 0.5) is 5.69 Å². The average Bonchev–Trinajstić information content (AvgIpc) is 2.41. The van der Waals surface area contributed by atoms with E-state index in [4.69, 9.17) is 11.5 Å². The maximum Gasteiger partial charge on any atom is 0.223 e. The standard InChI is InChI=1S/C15H23N5/c1-11-5-7-13(8-6-11)18-14(16)19-15(17)20-9-3-4-12(2)10-20/h5-8,12H,3-4,9-10H2,1-2H3,(H4,16,17,18,19). The summed E-state index contributed by atoms with van der Waals surface area (Å²) >= 11 is 0. The van der Waals surface area contributed by atoms with Gasteiger partial charge in [-0.3, -0.25) is 0 Å². The molecule has 1 atom stereocenters. The van der Waals surface area contributed by atoms with E-state index in [1.807, 2.05) is 31.2 Å². The zero-order chi connectivity index (χ0) is 14.5. The maximum absolute atomic E-state index is 6.00. The number of aliphatic imine (C=N–C) groups is 2. The van der Waals surface area contributed by atoms with Crippen LogP contribution in [0.2, 0.25) is 0 Å². The third kappa shape index (κ3) is 3.98. The molecule has 1 unspecified atom stereocenters. The lowest BCUT2D eigenvalue weighted by atomic mass is 10.0. The lowest BCUT2D eigenvalue weighted by Gasteiger charge is -2.31. The monoisotopic (exact) mass is 273 g/mol. The van der Waals surface area contributed by atoms with Crippen molar-refractivity contribution in [3.63, 3.8) is 0 Å². The molecule has 1 saturated heterocycles. The Morgan fingerprint density at radius 2 is 1.95 bits per heavy atom. The summed E-state index contributed by atoms with van der Waals surface area (Å²) in [5, 5.41) is 0. The van der Waals surface area contributed by atoms with Gasteiger partial charge in [0.2, 0.25) is 5.96 Å². The summed E-state index contributed by atoms with van der Waals surface area (Å²) < 4.78 is 0. The Morgan fingerprint density at radius 1 is 1.25 bits per heavy atom. The summed E-state index contributed by atoms with van der Waals surface area (Å²) in [6.45, 7) is 6.14. The van der Waals surface area contributed by atoms with E-state index < -0.39 is 0 Å². The first-order valence-corrected chi connectivity index (χ1v) is 7.04. The first-order chi connectivity index (χ1) is 9.54. The molecule has 0 radical (unpaired) electrons. The molecular weight excluding hydrogens is 250 g/mol. The Hall–Kier alpha value is -2.04. The minimum absolute atomic E-state index is 0.199. The Labute approximate surface area is 120 Å². The van der Waals surface area contributed by atoms with Gasteiger partial charge in [-0.05, 0) is 37.8 Å². The molecule has 5 nitrogen and oxygen atoms in total. The van der Waals surface area contributed by atoms with Crippen LogP contribution >= 0.6 is 0 Å². The molecule has 0 amide bonds. The Kier molecular flexibility index (Phi) is 4.61. The first-order valence-electron chi connectivity index (χ1n) is 7.04. The van der Waals surface area contributed by atoms with Crippen molar-refractivity contribution < 1.29 is 0 Å². The molecule has 1 fully saturated rings. The highest BCUT2D eigenvalue weighted by Gasteiger charge is 2.17. The second kappa shape index (κ2) is 6.41. The van der Waals surface area contributed by atoms with Gasteiger partial charge in [-0.1, -0.05) is 24.6 Å². The van der Waals surface area contributed by atoms with Gasteiger partial charge in [-0.25, -0.2) is 4.99 Å². The second-order valence-electron chi connectivity index (χ2n) is 5.47. The molecule has 1 aliphatic heterocycles. The minimum Gasteiger partial charge on any atom is -0.369 e. The van der Waals surface area contributed by atoms with E-state index in [1.165, 1.54) is 12.0 Å². The van der Waals surface area contributed by atoms with Crippen molar-refractivity contribution in [2.45, 2.75) is 26.7 Å². The molecule has 5 heteroatoms. The van der Waals surface area contributed by atoms with Crippen LogP contribution in [0.15, 0.2) is 34.3 Å². The van der Waals surface area contributed by atoms with Crippen molar-refractivity contribution in [1.29, 1.82) is 0 Å². The first kappa shape index (κ1) is 14.4. The van der Waals surface area contributed by atoms with E-state index in [-0.39, 0.29) is 5.96 Å². The van der Waals surface area contributed by atoms with E-state index in [2.05, 4.69) is 21.8 Å². The maximum atomic E-state index is 6.00. The third-order valence-electron chi connectivity index (χ3n) is 3.49. The highest BCUT2D eigenvalue weighted by atomic mass is 15.3. The molecule has 1 aromatic rings. The molecule has 0 bridgehead atoms. The van der Waals surface area contributed by atoms with Crippen molar-refractivity contribution in [3.05, 3.63) is 29.8 Å². The van der Waals surface area contributed by atoms with Crippen molar-refractivity contribution in [3.8, 4) is 0 Å². The van der Waals surface area contributed by atoms with Crippen LogP contribution in [0.3, 0.4) is 0 Å². The van der Waals surface area contributed by atoms with Gasteiger partial charge in [0.15, 0.2) is 5.96 Å². The quantitative estimate of drug-likeness (QED) is 0.606. The molecule has 108 valence electrons. The van der Waals surface area contributed by atoms with Crippen LogP contribution in [-0.2, 0) is 0 Å². The van der Waals surface area contributed by atoms with Gasteiger partial charge in [-0.2, -0.15) is 4.99 Å². The number of likely N-dealkylation sites (tertiary alicyclic amines) is 1. The summed E-state index contributed by atoms with van der Waals surface area (Å²) in [5.74, 6) is 1.31. The van der Waals surface area contributed by atoms with E-state index in [0.717, 1.165) is 25.2 Å². The predicted octanol–water partition coefficient (Wildman–Crippen LogP) is 1.99. The van der Waals surface area contributed by atoms with E-state index in [9.17, 15) is 0 Å². The van der Waals surface area contributed by atoms with Crippen LogP contribution in [0.1, 0.15) is 25.3 Å². The molecule has 0 aromatic heterocycles. The van der Waals surface area contributed by atoms with Crippen LogP contribution in [0.25, 0.3) is 0 Å². The fourth-order valence-corrected chi connectivity index (χ4v) is 2.36. The zero-order valence-electron chi connectivity index (χ0n) is 12.2. The minimum atomic E-state index is 0.199. The molecule has 0 aliphatic carbocycles. The van der Waals surface area contributed by atoms with E-state index in [1.54, 1.807) is 0 Å². The van der Waals surface area contributed by atoms with E-state index in [0.29, 0.717) is 11.9 Å². The fourth-order valence-electron chi connectivity index (χ4n) is 2.36. The lowest BCUT2D eigenvalue weighted by molar-refractivity contribution is 0.271. The topological polar surface area (TPSA) is 80.0 Å². The molecular formula is C15H23N5. The van der Waals surface area contributed by atoms with Crippen molar-refractivity contribution in [1.82, 2.24) is 4.90 Å². The van der Waals surface area contributed by atoms with Crippen LogP contribution < -0.4 is 11.5 Å². The van der Waals surface area contributed by atoms with Gasteiger partial charge in [0.25, 0.3) is 0 Å². The number of rotatable bonds is 1. The molecule has 1 heterocycles. The predicted molar refractivity (Wildman–Crippen MR) is 84.1 cm³/mol. The Morgan fingerprint density at radius 3 is 2.60 bits per heavy atom.